The molecule has 0 atom stereocenters. The van der Waals surface area contributed by atoms with Crippen LogP contribution in [-0.4, -0.2) is 50.1 Å². The second-order valence-corrected chi connectivity index (χ2v) is 9.77. The summed E-state index contributed by atoms with van der Waals surface area (Å²) in [4.78, 5) is 49.8. The molecule has 0 bridgehead atoms. The van der Waals surface area contributed by atoms with Crippen LogP contribution in [0.2, 0.25) is 0 Å². The quantitative estimate of drug-likeness (QED) is 0.393. The van der Waals surface area contributed by atoms with E-state index in [0.717, 1.165) is 5.56 Å². The molecule has 3 aromatic rings. The van der Waals surface area contributed by atoms with E-state index in [1.165, 1.54) is 18.2 Å². The molecule has 0 aliphatic heterocycles. The molecule has 3 rings (SSSR count). The Morgan fingerprint density at radius 3 is 2.10 bits per heavy atom. The van der Waals surface area contributed by atoms with Crippen molar-refractivity contribution in [2.24, 2.45) is 0 Å². The van der Waals surface area contributed by atoms with Gasteiger partial charge < -0.3 is 33.6 Å². The number of methoxy groups -OCH3 is 1. The Bertz CT molecular complexity index is 1140. The van der Waals surface area contributed by atoms with E-state index in [4.69, 9.17) is 28.7 Å². The molecule has 4 N–H and O–H groups in total. The van der Waals surface area contributed by atoms with Crippen molar-refractivity contribution in [1.82, 2.24) is 4.90 Å². The third-order valence-electron chi connectivity index (χ3n) is 4.13. The van der Waals surface area contributed by atoms with Crippen LogP contribution in [0.4, 0.5) is 0 Å². The lowest BCUT2D eigenvalue weighted by Gasteiger charge is -2.23. The fourth-order valence-corrected chi connectivity index (χ4v) is 4.38. The van der Waals surface area contributed by atoms with Crippen molar-refractivity contribution >= 4 is 32.1 Å². The number of amides is 1. The average molecular weight is 455 g/mol. The second kappa shape index (κ2) is 8.35. The Hall–Kier alpha value is -2.45. The van der Waals surface area contributed by atoms with Crippen LogP contribution in [0.5, 0.6) is 5.75 Å². The number of carbonyl (C=O) groups is 1. The van der Waals surface area contributed by atoms with E-state index < -0.39 is 33.7 Å². The van der Waals surface area contributed by atoms with Gasteiger partial charge in [-0.3, -0.25) is 13.9 Å². The van der Waals surface area contributed by atoms with Crippen molar-refractivity contribution < 1.29 is 42.7 Å². The molecule has 10 nitrogen and oxygen atoms in total. The number of carbonyl (C=O) groups excluding carboxylic acids is 1. The Morgan fingerprint density at radius 2 is 1.57 bits per heavy atom. The standard InChI is InChI=1S/C18H19NO9P2/c1-27-15-5-2-12(3-6-15)17-9-14-8-13(4-7-16(14)28-17)18(20)19(10-29(21,22)23)11-30(24,25)26/h2-9H,10-11H2,1H3,(H2,21,22,23)(H2,24,25,26). The van der Waals surface area contributed by atoms with Crippen LogP contribution < -0.4 is 4.74 Å². The SMILES string of the molecule is COc1ccc(-c2cc3cc(C(=O)N(CP(=O)(O)O)CP(=O)(O)O)ccc3o2)cc1. The summed E-state index contributed by atoms with van der Waals surface area (Å²) in [5.41, 5.74) is 1.24. The van der Waals surface area contributed by atoms with Crippen molar-refractivity contribution in [3.05, 3.63) is 54.1 Å². The lowest BCUT2D eigenvalue weighted by atomic mass is 10.1. The lowest BCUT2D eigenvalue weighted by Crippen LogP contribution is -2.32. The molecule has 1 heterocycles. The molecule has 0 fully saturated rings. The normalized spacial score (nSPS) is 12.2. The number of nitrogens with zero attached hydrogens (tertiary/aromatic N) is 1. The highest BCUT2D eigenvalue weighted by atomic mass is 31.2. The third-order valence-corrected chi connectivity index (χ3v) is 5.55. The van der Waals surface area contributed by atoms with Gasteiger partial charge >= 0.3 is 15.2 Å². The summed E-state index contributed by atoms with van der Waals surface area (Å²) in [6.45, 7) is 0. The molecule has 160 valence electrons. The van der Waals surface area contributed by atoms with E-state index in [1.807, 2.05) is 0 Å². The molecule has 0 aliphatic carbocycles. The van der Waals surface area contributed by atoms with Crippen LogP contribution in [0.1, 0.15) is 10.4 Å². The van der Waals surface area contributed by atoms with Gasteiger partial charge in [0, 0.05) is 16.5 Å². The van der Waals surface area contributed by atoms with E-state index in [-0.39, 0.29) is 5.56 Å². The zero-order valence-electron chi connectivity index (χ0n) is 15.7. The molecule has 0 radical (unpaired) electrons. The highest BCUT2D eigenvalue weighted by Crippen LogP contribution is 2.41. The summed E-state index contributed by atoms with van der Waals surface area (Å²) in [7, 11) is -7.93. The predicted octanol–water partition coefficient (Wildman–Crippen LogP) is 2.82. The molecule has 0 spiro atoms. The molecule has 12 heteroatoms. The molecule has 1 aromatic heterocycles. The zero-order chi connectivity index (χ0) is 22.1. The largest absolute Gasteiger partial charge is 0.497 e. The smallest absolute Gasteiger partial charge is 0.344 e. The van der Waals surface area contributed by atoms with E-state index >= 15 is 0 Å². The van der Waals surface area contributed by atoms with Crippen LogP contribution in [-0.2, 0) is 9.13 Å². The minimum absolute atomic E-state index is 0.00600. The number of hydrogen-bond donors (Lipinski definition) is 4. The zero-order valence-corrected chi connectivity index (χ0v) is 17.5. The van der Waals surface area contributed by atoms with E-state index in [1.54, 1.807) is 37.4 Å². The number of benzene rings is 2. The first-order valence-electron chi connectivity index (χ1n) is 8.52. The Morgan fingerprint density at radius 1 is 0.967 bits per heavy atom. The summed E-state index contributed by atoms with van der Waals surface area (Å²) < 4.78 is 33.5. The molecule has 1 amide bonds. The minimum atomic E-state index is -4.74. The molecule has 0 saturated carbocycles. The van der Waals surface area contributed by atoms with Crippen molar-refractivity contribution in [2.45, 2.75) is 0 Å². The number of furan rings is 1. The van der Waals surface area contributed by atoms with Crippen LogP contribution in [0, 0.1) is 0 Å². The third kappa shape index (κ3) is 5.58. The maximum absolute atomic E-state index is 12.7. The fourth-order valence-electron chi connectivity index (χ4n) is 2.87. The van der Waals surface area contributed by atoms with Crippen molar-refractivity contribution in [2.75, 3.05) is 19.7 Å². The van der Waals surface area contributed by atoms with Gasteiger partial charge in [0.25, 0.3) is 5.91 Å². The molecule has 0 saturated heterocycles. The molecular weight excluding hydrogens is 436 g/mol. The Kier molecular flexibility index (Phi) is 6.19. The number of fused-ring (bicyclic) bond motifs is 1. The maximum atomic E-state index is 12.7. The van der Waals surface area contributed by atoms with Gasteiger partial charge in [0.1, 0.15) is 29.7 Å². The van der Waals surface area contributed by atoms with Gasteiger partial charge in [-0.25, -0.2) is 0 Å². The first-order chi connectivity index (χ1) is 13.9. The molecule has 2 aromatic carbocycles. The van der Waals surface area contributed by atoms with Gasteiger partial charge in [-0.1, -0.05) is 0 Å². The van der Waals surface area contributed by atoms with E-state index in [0.29, 0.717) is 27.4 Å². The van der Waals surface area contributed by atoms with Gasteiger partial charge in [-0.2, -0.15) is 0 Å². The van der Waals surface area contributed by atoms with E-state index in [2.05, 4.69) is 0 Å². The van der Waals surface area contributed by atoms with Gasteiger partial charge in [-0.15, -0.1) is 0 Å². The molecule has 30 heavy (non-hydrogen) atoms. The summed E-state index contributed by atoms with van der Waals surface area (Å²) in [6, 6.07) is 13.1. The Balaban J connectivity index is 1.93. The van der Waals surface area contributed by atoms with E-state index in [9.17, 15) is 13.9 Å². The highest BCUT2D eigenvalue weighted by Gasteiger charge is 2.30. The monoisotopic (exact) mass is 455 g/mol. The first kappa shape index (κ1) is 22.2. The first-order valence-corrected chi connectivity index (χ1v) is 12.1. The van der Waals surface area contributed by atoms with Gasteiger partial charge in [0.15, 0.2) is 0 Å². The molecule has 0 unspecified atom stereocenters. The van der Waals surface area contributed by atoms with Gasteiger partial charge in [0.05, 0.1) is 7.11 Å². The highest BCUT2D eigenvalue weighted by molar-refractivity contribution is 7.52. The second-order valence-electron chi connectivity index (χ2n) is 6.55. The van der Waals surface area contributed by atoms with Crippen molar-refractivity contribution in [1.29, 1.82) is 0 Å². The topological polar surface area (TPSA) is 158 Å². The minimum Gasteiger partial charge on any atom is -0.497 e. The van der Waals surface area contributed by atoms with Gasteiger partial charge in [-0.05, 0) is 48.5 Å². The molecular formula is C18H19NO9P2. The average Bonchev–Trinajstić information content (AvgIpc) is 3.08. The summed E-state index contributed by atoms with van der Waals surface area (Å²) in [5, 5.41) is 0.541. The summed E-state index contributed by atoms with van der Waals surface area (Å²) in [6.07, 6.45) is -2.23. The van der Waals surface area contributed by atoms with Crippen LogP contribution in [0.3, 0.4) is 0 Å². The predicted molar refractivity (Wildman–Crippen MR) is 108 cm³/mol. The van der Waals surface area contributed by atoms with Crippen LogP contribution in [0.15, 0.2) is 52.9 Å². The Labute approximate surface area is 171 Å². The van der Waals surface area contributed by atoms with Gasteiger partial charge in [0.2, 0.25) is 0 Å². The fraction of sp³-hybridized carbons (Fsp3) is 0.167. The maximum Gasteiger partial charge on any atom is 0.344 e. The summed E-state index contributed by atoms with van der Waals surface area (Å²) in [5.74, 6) is 0.285. The lowest BCUT2D eigenvalue weighted by molar-refractivity contribution is 0.0788. The number of ether oxygens (including phenoxy) is 1. The molecule has 0 aliphatic rings. The number of rotatable bonds is 7. The van der Waals surface area contributed by atoms with Crippen LogP contribution >= 0.6 is 15.2 Å². The van der Waals surface area contributed by atoms with Crippen molar-refractivity contribution in [3.8, 4) is 17.1 Å². The number of hydrogen-bond acceptors (Lipinski definition) is 5. The van der Waals surface area contributed by atoms with Crippen molar-refractivity contribution in [3.63, 3.8) is 0 Å². The summed E-state index contributed by atoms with van der Waals surface area (Å²) >= 11 is 0. The van der Waals surface area contributed by atoms with Crippen LogP contribution in [0.25, 0.3) is 22.3 Å².